The van der Waals surface area contributed by atoms with Crippen LogP contribution in [0.3, 0.4) is 0 Å². The van der Waals surface area contributed by atoms with E-state index in [-0.39, 0.29) is 0 Å². The number of hydrogen-bond acceptors (Lipinski definition) is 2. The van der Waals surface area contributed by atoms with Crippen molar-refractivity contribution in [2.45, 2.75) is 13.8 Å². The zero-order valence-corrected chi connectivity index (χ0v) is 9.59. The zero-order chi connectivity index (χ0) is 10.1. The van der Waals surface area contributed by atoms with Gasteiger partial charge in [0.15, 0.2) is 0 Å². The molecule has 0 saturated carbocycles. The fraction of sp³-hybridized carbons (Fsp3) is 0.200. The lowest BCUT2D eigenvalue weighted by Crippen LogP contribution is -1.86. The van der Waals surface area contributed by atoms with Crippen LogP contribution in [-0.4, -0.2) is 15.2 Å². The highest BCUT2D eigenvalue weighted by molar-refractivity contribution is 9.10. The van der Waals surface area contributed by atoms with E-state index < -0.39 is 0 Å². The number of aromatic nitrogens is 3. The Morgan fingerprint density at radius 3 is 2.57 bits per heavy atom. The summed E-state index contributed by atoms with van der Waals surface area (Å²) < 4.78 is 0.842. The fourth-order valence-corrected chi connectivity index (χ4v) is 1.53. The van der Waals surface area contributed by atoms with Gasteiger partial charge in [-0.15, -0.1) is 0 Å². The molecule has 2 aromatic heterocycles. The van der Waals surface area contributed by atoms with E-state index in [1.807, 2.05) is 32.2 Å². The largest absolute Gasteiger partial charge is 0.275 e. The van der Waals surface area contributed by atoms with Crippen LogP contribution in [0.1, 0.15) is 11.1 Å². The molecule has 0 amide bonds. The number of aromatic amines is 1. The van der Waals surface area contributed by atoms with E-state index in [0.29, 0.717) is 0 Å². The van der Waals surface area contributed by atoms with Crippen molar-refractivity contribution in [1.29, 1.82) is 0 Å². The first kappa shape index (κ1) is 9.40. The molecule has 2 rings (SSSR count). The molecule has 0 aliphatic rings. The van der Waals surface area contributed by atoms with Crippen LogP contribution < -0.4 is 0 Å². The molecule has 0 spiro atoms. The van der Waals surface area contributed by atoms with Gasteiger partial charge < -0.3 is 0 Å². The van der Waals surface area contributed by atoms with Gasteiger partial charge in [-0.25, -0.2) is 0 Å². The molecule has 72 valence electrons. The van der Waals surface area contributed by atoms with Gasteiger partial charge in [0.1, 0.15) is 4.60 Å². The molecule has 2 heterocycles. The maximum Gasteiger partial charge on any atom is 0.131 e. The highest BCUT2D eigenvalue weighted by Gasteiger charge is 2.08. The normalized spacial score (nSPS) is 10.5. The SMILES string of the molecule is Cc1ccc(-c2[nH]nc(Br)c2C)nc1. The molecule has 0 saturated heterocycles. The summed E-state index contributed by atoms with van der Waals surface area (Å²) in [7, 11) is 0. The fourth-order valence-electron chi connectivity index (χ4n) is 1.24. The number of nitrogens with zero attached hydrogens (tertiary/aromatic N) is 2. The topological polar surface area (TPSA) is 41.6 Å². The third-order valence-electron chi connectivity index (χ3n) is 2.12. The number of aryl methyl sites for hydroxylation is 1. The summed E-state index contributed by atoms with van der Waals surface area (Å²) in [6.07, 6.45) is 1.85. The average Bonchev–Trinajstić information content (AvgIpc) is 2.50. The van der Waals surface area contributed by atoms with Crippen molar-refractivity contribution in [3.8, 4) is 11.4 Å². The lowest BCUT2D eigenvalue weighted by molar-refractivity contribution is 1.07. The van der Waals surface area contributed by atoms with Gasteiger partial charge in [0.2, 0.25) is 0 Å². The smallest absolute Gasteiger partial charge is 0.131 e. The Balaban J connectivity index is 2.49. The minimum atomic E-state index is 0.842. The molecule has 1 N–H and O–H groups in total. The minimum Gasteiger partial charge on any atom is -0.275 e. The Bertz CT molecular complexity index is 445. The van der Waals surface area contributed by atoms with Crippen molar-refractivity contribution >= 4 is 15.9 Å². The first-order valence-electron chi connectivity index (χ1n) is 4.32. The Morgan fingerprint density at radius 1 is 1.29 bits per heavy atom. The summed E-state index contributed by atoms with van der Waals surface area (Å²) in [6, 6.07) is 4.03. The van der Waals surface area contributed by atoms with E-state index in [2.05, 4.69) is 31.1 Å². The van der Waals surface area contributed by atoms with Crippen molar-refractivity contribution in [2.24, 2.45) is 0 Å². The Labute approximate surface area is 90.7 Å². The van der Waals surface area contributed by atoms with Crippen LogP contribution in [0.25, 0.3) is 11.4 Å². The van der Waals surface area contributed by atoms with Crippen LogP contribution in [-0.2, 0) is 0 Å². The maximum atomic E-state index is 4.33. The third kappa shape index (κ3) is 1.57. The molecule has 0 bridgehead atoms. The van der Waals surface area contributed by atoms with Crippen molar-refractivity contribution < 1.29 is 0 Å². The monoisotopic (exact) mass is 251 g/mol. The number of H-pyrrole nitrogens is 1. The summed E-state index contributed by atoms with van der Waals surface area (Å²) in [6.45, 7) is 4.02. The molecule has 0 atom stereocenters. The Kier molecular flexibility index (Phi) is 2.37. The lowest BCUT2D eigenvalue weighted by Gasteiger charge is -1.98. The average molecular weight is 252 g/mol. The zero-order valence-electron chi connectivity index (χ0n) is 8.00. The molecule has 4 heteroatoms. The number of halogens is 1. The predicted octanol–water partition coefficient (Wildman–Crippen LogP) is 2.85. The summed E-state index contributed by atoms with van der Waals surface area (Å²) in [5.41, 5.74) is 4.13. The van der Waals surface area contributed by atoms with E-state index in [9.17, 15) is 0 Å². The minimum absolute atomic E-state index is 0.842. The molecule has 0 aromatic carbocycles. The molecule has 0 unspecified atom stereocenters. The van der Waals surface area contributed by atoms with Gasteiger partial charge in [-0.2, -0.15) is 5.10 Å². The predicted molar refractivity (Wildman–Crippen MR) is 59.0 cm³/mol. The number of hydrogen-bond donors (Lipinski definition) is 1. The molecular weight excluding hydrogens is 242 g/mol. The van der Waals surface area contributed by atoms with Gasteiger partial charge in [0.25, 0.3) is 0 Å². The van der Waals surface area contributed by atoms with Gasteiger partial charge in [-0.05, 0) is 41.4 Å². The highest BCUT2D eigenvalue weighted by atomic mass is 79.9. The number of pyridine rings is 1. The van der Waals surface area contributed by atoms with Gasteiger partial charge >= 0.3 is 0 Å². The second-order valence-corrected chi connectivity index (χ2v) is 3.99. The van der Waals surface area contributed by atoms with Crippen LogP contribution in [0, 0.1) is 13.8 Å². The molecule has 3 nitrogen and oxygen atoms in total. The van der Waals surface area contributed by atoms with Crippen LogP contribution >= 0.6 is 15.9 Å². The van der Waals surface area contributed by atoms with E-state index >= 15 is 0 Å². The van der Waals surface area contributed by atoms with Gasteiger partial charge in [0, 0.05) is 11.8 Å². The molecule has 0 aliphatic heterocycles. The summed E-state index contributed by atoms with van der Waals surface area (Å²) >= 11 is 3.36. The first-order valence-corrected chi connectivity index (χ1v) is 5.11. The second-order valence-electron chi connectivity index (χ2n) is 3.24. The summed E-state index contributed by atoms with van der Waals surface area (Å²) in [5, 5.41) is 7.02. The van der Waals surface area contributed by atoms with Gasteiger partial charge in [0.05, 0.1) is 11.4 Å². The van der Waals surface area contributed by atoms with Crippen molar-refractivity contribution in [3.05, 3.63) is 34.1 Å². The molecule has 2 aromatic rings. The standard InChI is InChI=1S/C10H10BrN3/c1-6-3-4-8(12-5-6)9-7(2)10(11)14-13-9/h3-5H,1-2H3,(H,13,14). The van der Waals surface area contributed by atoms with E-state index in [1.54, 1.807) is 0 Å². The molecule has 14 heavy (non-hydrogen) atoms. The third-order valence-corrected chi connectivity index (χ3v) is 2.89. The van der Waals surface area contributed by atoms with E-state index in [4.69, 9.17) is 0 Å². The molecular formula is C10H10BrN3. The van der Waals surface area contributed by atoms with Crippen molar-refractivity contribution in [3.63, 3.8) is 0 Å². The molecule has 0 aliphatic carbocycles. The lowest BCUT2D eigenvalue weighted by atomic mass is 10.2. The quantitative estimate of drug-likeness (QED) is 0.847. The Morgan fingerprint density at radius 2 is 2.07 bits per heavy atom. The van der Waals surface area contributed by atoms with Gasteiger partial charge in [-0.3, -0.25) is 10.1 Å². The summed E-state index contributed by atoms with van der Waals surface area (Å²) in [4.78, 5) is 4.33. The number of rotatable bonds is 1. The van der Waals surface area contributed by atoms with E-state index in [1.165, 1.54) is 0 Å². The van der Waals surface area contributed by atoms with Crippen LogP contribution in [0.15, 0.2) is 22.9 Å². The maximum absolute atomic E-state index is 4.33. The molecule has 0 fully saturated rings. The number of nitrogens with one attached hydrogen (secondary N) is 1. The van der Waals surface area contributed by atoms with Gasteiger partial charge in [-0.1, -0.05) is 6.07 Å². The summed E-state index contributed by atoms with van der Waals surface area (Å²) in [5.74, 6) is 0. The van der Waals surface area contributed by atoms with Crippen LogP contribution in [0.5, 0.6) is 0 Å². The Hall–Kier alpha value is -1.16. The van der Waals surface area contributed by atoms with Crippen LogP contribution in [0.4, 0.5) is 0 Å². The second kappa shape index (κ2) is 3.53. The van der Waals surface area contributed by atoms with Crippen molar-refractivity contribution in [1.82, 2.24) is 15.2 Å². The van der Waals surface area contributed by atoms with Crippen molar-refractivity contribution in [2.75, 3.05) is 0 Å². The highest BCUT2D eigenvalue weighted by Crippen LogP contribution is 2.24. The first-order chi connectivity index (χ1) is 6.68. The molecule has 0 radical (unpaired) electrons. The van der Waals surface area contributed by atoms with E-state index in [0.717, 1.165) is 27.1 Å². The van der Waals surface area contributed by atoms with Crippen LogP contribution in [0.2, 0.25) is 0 Å².